The highest BCUT2D eigenvalue weighted by atomic mass is 16.1. The Morgan fingerprint density at radius 3 is 2.62 bits per heavy atom. The van der Waals surface area contributed by atoms with Gasteiger partial charge in [-0.25, -0.2) is 0 Å². The van der Waals surface area contributed by atoms with Gasteiger partial charge in [0.15, 0.2) is 0 Å². The molecule has 0 aromatic heterocycles. The topological polar surface area (TPSA) is 55.1 Å². The zero-order chi connectivity index (χ0) is 12.0. The monoisotopic (exact) mass is 218 g/mol. The van der Waals surface area contributed by atoms with E-state index in [9.17, 15) is 4.79 Å². The Bertz CT molecular complexity index is 357. The highest BCUT2D eigenvalue weighted by molar-refractivity contribution is 5.94. The van der Waals surface area contributed by atoms with Crippen LogP contribution < -0.4 is 11.1 Å². The van der Waals surface area contributed by atoms with Crippen molar-refractivity contribution >= 4 is 5.91 Å². The molecule has 1 aromatic carbocycles. The van der Waals surface area contributed by atoms with E-state index in [2.05, 4.69) is 11.9 Å². The molecule has 16 heavy (non-hydrogen) atoms. The number of carbonyl (C=O) groups excluding carboxylic acids is 1. The number of benzene rings is 1. The third-order valence-corrected chi connectivity index (χ3v) is 2.36. The summed E-state index contributed by atoms with van der Waals surface area (Å²) in [5, 5.41) is 2.82. The lowest BCUT2D eigenvalue weighted by Gasteiger charge is -2.09. The van der Waals surface area contributed by atoms with E-state index in [0.29, 0.717) is 12.1 Å². The van der Waals surface area contributed by atoms with Crippen LogP contribution in [-0.4, -0.2) is 18.5 Å². The SMILES string of the molecule is C=CC(C)NC(=O)c1ccc(CCN)cc1. The first-order chi connectivity index (χ1) is 7.67. The van der Waals surface area contributed by atoms with Gasteiger partial charge in [0.05, 0.1) is 0 Å². The van der Waals surface area contributed by atoms with E-state index in [1.807, 2.05) is 31.2 Å². The Hall–Kier alpha value is -1.61. The van der Waals surface area contributed by atoms with E-state index in [1.165, 1.54) is 0 Å². The molecule has 0 bridgehead atoms. The van der Waals surface area contributed by atoms with Crippen LogP contribution in [0.2, 0.25) is 0 Å². The summed E-state index contributed by atoms with van der Waals surface area (Å²) in [6, 6.07) is 7.48. The molecule has 0 heterocycles. The summed E-state index contributed by atoms with van der Waals surface area (Å²) < 4.78 is 0. The molecule has 0 aliphatic carbocycles. The maximum absolute atomic E-state index is 11.7. The molecule has 0 aliphatic heterocycles. The second-order valence-electron chi connectivity index (χ2n) is 3.73. The predicted octanol–water partition coefficient (Wildman–Crippen LogP) is 1.49. The van der Waals surface area contributed by atoms with Crippen LogP contribution in [0.1, 0.15) is 22.8 Å². The van der Waals surface area contributed by atoms with Gasteiger partial charge in [0.2, 0.25) is 0 Å². The molecule has 1 atom stereocenters. The third kappa shape index (κ3) is 3.51. The molecule has 3 heteroatoms. The Morgan fingerprint density at radius 2 is 2.12 bits per heavy atom. The second kappa shape index (κ2) is 6.08. The fourth-order valence-corrected chi connectivity index (χ4v) is 1.34. The van der Waals surface area contributed by atoms with Gasteiger partial charge in [-0.15, -0.1) is 6.58 Å². The number of nitrogens with one attached hydrogen (secondary N) is 1. The standard InChI is InChI=1S/C13H18N2O/c1-3-10(2)15-13(16)12-6-4-11(5-7-12)8-9-14/h3-7,10H,1,8-9,14H2,2H3,(H,15,16). The Kier molecular flexibility index (Phi) is 4.73. The minimum Gasteiger partial charge on any atom is -0.346 e. The number of amides is 1. The van der Waals surface area contributed by atoms with Crippen molar-refractivity contribution in [2.75, 3.05) is 6.54 Å². The van der Waals surface area contributed by atoms with Gasteiger partial charge in [0, 0.05) is 11.6 Å². The average molecular weight is 218 g/mol. The highest BCUT2D eigenvalue weighted by Gasteiger charge is 2.06. The van der Waals surface area contributed by atoms with Crippen LogP contribution in [0, 0.1) is 0 Å². The molecule has 3 nitrogen and oxygen atoms in total. The molecule has 1 aromatic rings. The van der Waals surface area contributed by atoms with E-state index in [1.54, 1.807) is 6.08 Å². The minimum atomic E-state index is -0.0771. The normalized spacial score (nSPS) is 11.9. The number of nitrogens with two attached hydrogens (primary N) is 1. The summed E-state index contributed by atoms with van der Waals surface area (Å²) in [7, 11) is 0. The number of hydrogen-bond acceptors (Lipinski definition) is 2. The molecule has 0 saturated carbocycles. The Labute approximate surface area is 96.3 Å². The summed E-state index contributed by atoms with van der Waals surface area (Å²) in [4.78, 5) is 11.7. The second-order valence-corrected chi connectivity index (χ2v) is 3.73. The van der Waals surface area contributed by atoms with Crippen molar-refractivity contribution in [3.05, 3.63) is 48.0 Å². The summed E-state index contributed by atoms with van der Waals surface area (Å²) in [6.07, 6.45) is 2.53. The van der Waals surface area contributed by atoms with Gasteiger partial charge in [0.1, 0.15) is 0 Å². The van der Waals surface area contributed by atoms with Crippen molar-refractivity contribution in [1.82, 2.24) is 5.32 Å². The molecule has 0 radical (unpaired) electrons. The lowest BCUT2D eigenvalue weighted by Crippen LogP contribution is -2.30. The van der Waals surface area contributed by atoms with Gasteiger partial charge in [-0.2, -0.15) is 0 Å². The minimum absolute atomic E-state index is 0.0174. The Balaban J connectivity index is 2.66. The van der Waals surface area contributed by atoms with Crippen molar-refractivity contribution in [3.8, 4) is 0 Å². The fourth-order valence-electron chi connectivity index (χ4n) is 1.34. The lowest BCUT2D eigenvalue weighted by molar-refractivity contribution is 0.0947. The van der Waals surface area contributed by atoms with Crippen molar-refractivity contribution in [2.24, 2.45) is 5.73 Å². The number of hydrogen-bond donors (Lipinski definition) is 2. The number of rotatable bonds is 5. The quantitative estimate of drug-likeness (QED) is 0.736. The van der Waals surface area contributed by atoms with E-state index < -0.39 is 0 Å². The molecule has 86 valence electrons. The fraction of sp³-hybridized carbons (Fsp3) is 0.308. The summed E-state index contributed by atoms with van der Waals surface area (Å²) >= 11 is 0. The summed E-state index contributed by atoms with van der Waals surface area (Å²) in [5.41, 5.74) is 7.26. The van der Waals surface area contributed by atoms with Gasteiger partial charge < -0.3 is 11.1 Å². The van der Waals surface area contributed by atoms with Gasteiger partial charge in [-0.3, -0.25) is 4.79 Å². The van der Waals surface area contributed by atoms with Crippen LogP contribution in [0.25, 0.3) is 0 Å². The molecule has 1 rings (SSSR count). The maximum Gasteiger partial charge on any atom is 0.251 e. The van der Waals surface area contributed by atoms with Crippen molar-refractivity contribution in [3.63, 3.8) is 0 Å². The molecule has 1 unspecified atom stereocenters. The molecule has 1 amide bonds. The number of carbonyl (C=O) groups is 1. The van der Waals surface area contributed by atoms with Crippen LogP contribution >= 0.6 is 0 Å². The van der Waals surface area contributed by atoms with Crippen LogP contribution in [0.3, 0.4) is 0 Å². The molecule has 0 fully saturated rings. The van der Waals surface area contributed by atoms with E-state index in [-0.39, 0.29) is 11.9 Å². The molecule has 3 N–H and O–H groups in total. The first-order valence-corrected chi connectivity index (χ1v) is 5.39. The highest BCUT2D eigenvalue weighted by Crippen LogP contribution is 2.05. The van der Waals surface area contributed by atoms with Gasteiger partial charge in [-0.1, -0.05) is 18.2 Å². The van der Waals surface area contributed by atoms with Crippen LogP contribution in [-0.2, 0) is 6.42 Å². The van der Waals surface area contributed by atoms with Crippen LogP contribution in [0.4, 0.5) is 0 Å². The average Bonchev–Trinajstić information content (AvgIpc) is 2.30. The van der Waals surface area contributed by atoms with Crippen molar-refractivity contribution in [1.29, 1.82) is 0 Å². The first-order valence-electron chi connectivity index (χ1n) is 5.39. The molecule has 0 spiro atoms. The lowest BCUT2D eigenvalue weighted by atomic mass is 10.1. The smallest absolute Gasteiger partial charge is 0.251 e. The van der Waals surface area contributed by atoms with Gasteiger partial charge in [-0.05, 0) is 37.6 Å². The molecular formula is C13H18N2O. The zero-order valence-electron chi connectivity index (χ0n) is 9.57. The van der Waals surface area contributed by atoms with E-state index >= 15 is 0 Å². The van der Waals surface area contributed by atoms with Crippen molar-refractivity contribution < 1.29 is 4.79 Å². The molecular weight excluding hydrogens is 200 g/mol. The largest absolute Gasteiger partial charge is 0.346 e. The van der Waals surface area contributed by atoms with Crippen molar-refractivity contribution in [2.45, 2.75) is 19.4 Å². The van der Waals surface area contributed by atoms with Gasteiger partial charge in [0.25, 0.3) is 5.91 Å². The molecule has 0 saturated heterocycles. The predicted molar refractivity (Wildman–Crippen MR) is 66.3 cm³/mol. The van der Waals surface area contributed by atoms with Crippen LogP contribution in [0.15, 0.2) is 36.9 Å². The zero-order valence-corrected chi connectivity index (χ0v) is 9.57. The van der Waals surface area contributed by atoms with Gasteiger partial charge >= 0.3 is 0 Å². The van der Waals surface area contributed by atoms with E-state index in [4.69, 9.17) is 5.73 Å². The molecule has 0 aliphatic rings. The summed E-state index contributed by atoms with van der Waals surface area (Å²) in [6.45, 7) is 6.12. The Morgan fingerprint density at radius 1 is 1.50 bits per heavy atom. The van der Waals surface area contributed by atoms with E-state index in [0.717, 1.165) is 12.0 Å². The third-order valence-electron chi connectivity index (χ3n) is 2.36. The summed E-state index contributed by atoms with van der Waals surface area (Å²) in [5.74, 6) is -0.0771. The first kappa shape index (κ1) is 12.5. The van der Waals surface area contributed by atoms with Crippen LogP contribution in [0.5, 0.6) is 0 Å². The maximum atomic E-state index is 11.7.